The van der Waals surface area contributed by atoms with Gasteiger partial charge in [-0.1, -0.05) is 47.3 Å². The van der Waals surface area contributed by atoms with Gasteiger partial charge in [0.2, 0.25) is 0 Å². The average molecular weight is 432 g/mol. The van der Waals surface area contributed by atoms with Crippen LogP contribution in [0, 0.1) is 11.3 Å². The molecule has 0 aliphatic carbocycles. The Balaban J connectivity index is 2.11. The Morgan fingerprint density at radius 3 is 2.71 bits per heavy atom. The van der Waals surface area contributed by atoms with Crippen molar-refractivity contribution in [2.75, 3.05) is 13.4 Å². The van der Waals surface area contributed by atoms with Crippen molar-refractivity contribution in [3.63, 3.8) is 0 Å². The second-order valence-electron chi connectivity index (χ2n) is 5.46. The van der Waals surface area contributed by atoms with Gasteiger partial charge in [0.05, 0.1) is 22.6 Å². The van der Waals surface area contributed by atoms with Crippen LogP contribution in [0.15, 0.2) is 56.1 Å². The molecule has 0 saturated carbocycles. The van der Waals surface area contributed by atoms with Crippen molar-refractivity contribution in [2.45, 2.75) is 14.9 Å². The normalized spacial score (nSPS) is 10.5. The molecule has 0 bridgehead atoms. The highest BCUT2D eigenvalue weighted by Gasteiger charge is 2.20. The molecule has 0 amide bonds. The van der Waals surface area contributed by atoms with Crippen LogP contribution in [-0.2, 0) is 0 Å². The molecule has 0 atom stereocenters. The lowest BCUT2D eigenvalue weighted by Crippen LogP contribution is -2.14. The number of nitrogens with zero attached hydrogens (tertiary/aromatic N) is 2. The maximum atomic E-state index is 12.2. The molecular weight excluding hydrogens is 418 g/mol. The van der Waals surface area contributed by atoms with Crippen molar-refractivity contribution in [3.05, 3.63) is 57.3 Å². The number of methoxy groups -OCH3 is 1. The van der Waals surface area contributed by atoms with E-state index in [4.69, 9.17) is 16.3 Å². The molecule has 142 valence electrons. The summed E-state index contributed by atoms with van der Waals surface area (Å²) in [4.78, 5) is 20.5. The van der Waals surface area contributed by atoms with Gasteiger partial charge in [0.25, 0.3) is 5.56 Å². The number of ether oxygens (including phenoxy) is 1. The van der Waals surface area contributed by atoms with Gasteiger partial charge < -0.3 is 14.8 Å². The maximum Gasteiger partial charge on any atom is 0.270 e. The summed E-state index contributed by atoms with van der Waals surface area (Å²) in [5.41, 5.74) is -0.601. The summed E-state index contributed by atoms with van der Waals surface area (Å²) < 4.78 is 5.34. The summed E-state index contributed by atoms with van der Waals surface area (Å²) in [5, 5.41) is 20.5. The number of halogens is 1. The summed E-state index contributed by atoms with van der Waals surface area (Å²) >= 11 is 8.99. The second kappa shape index (κ2) is 8.61. The molecule has 3 aromatic rings. The fourth-order valence-corrected chi connectivity index (χ4v) is 4.27. The van der Waals surface area contributed by atoms with E-state index < -0.39 is 5.56 Å². The van der Waals surface area contributed by atoms with Gasteiger partial charge in [-0.25, -0.2) is 4.98 Å². The Morgan fingerprint density at radius 2 is 2.07 bits per heavy atom. The molecule has 2 N–H and O–H groups in total. The summed E-state index contributed by atoms with van der Waals surface area (Å²) in [6.07, 6.45) is 1.74. The second-order valence-corrected chi connectivity index (χ2v) is 7.78. The van der Waals surface area contributed by atoms with E-state index in [2.05, 4.69) is 9.97 Å². The first-order chi connectivity index (χ1) is 13.5. The predicted octanol–water partition coefficient (Wildman–Crippen LogP) is 4.55. The predicted molar refractivity (Wildman–Crippen MR) is 111 cm³/mol. The van der Waals surface area contributed by atoms with Crippen LogP contribution in [0.25, 0.3) is 11.3 Å². The van der Waals surface area contributed by atoms with Gasteiger partial charge in [-0.15, -0.1) is 0 Å². The number of aromatic nitrogens is 2. The van der Waals surface area contributed by atoms with E-state index in [-0.39, 0.29) is 27.6 Å². The van der Waals surface area contributed by atoms with E-state index in [1.54, 1.807) is 19.4 Å². The largest absolute Gasteiger partial charge is 0.507 e. The van der Waals surface area contributed by atoms with Crippen LogP contribution in [0.2, 0.25) is 5.02 Å². The van der Waals surface area contributed by atoms with Gasteiger partial charge in [0.1, 0.15) is 28.8 Å². The van der Waals surface area contributed by atoms with Crippen LogP contribution < -0.4 is 10.3 Å². The molecule has 0 radical (unpaired) electrons. The van der Waals surface area contributed by atoms with E-state index in [1.807, 2.05) is 30.3 Å². The molecule has 6 nitrogen and oxygen atoms in total. The first-order valence-corrected chi connectivity index (χ1v) is 10.3. The lowest BCUT2D eigenvalue weighted by atomic mass is 10.1. The smallest absolute Gasteiger partial charge is 0.270 e. The summed E-state index contributed by atoms with van der Waals surface area (Å²) in [6.45, 7) is 0. The highest BCUT2D eigenvalue weighted by atomic mass is 35.5. The summed E-state index contributed by atoms with van der Waals surface area (Å²) in [6, 6.07) is 12.5. The quantitative estimate of drug-likeness (QED) is 0.451. The number of H-pyrrole nitrogens is 1. The van der Waals surface area contributed by atoms with Crippen LogP contribution in [0.1, 0.15) is 5.56 Å². The van der Waals surface area contributed by atoms with Crippen LogP contribution in [0.3, 0.4) is 0 Å². The third kappa shape index (κ3) is 3.97. The number of para-hydroxylation sites is 1. The minimum absolute atomic E-state index is 0.0481. The maximum absolute atomic E-state index is 12.2. The van der Waals surface area contributed by atoms with Gasteiger partial charge in [-0.2, -0.15) is 5.26 Å². The van der Waals surface area contributed by atoms with Crippen molar-refractivity contribution in [1.82, 2.24) is 9.97 Å². The molecule has 2 aromatic carbocycles. The molecule has 0 spiro atoms. The number of phenolic OH excluding ortho intramolecular Hbond substituents is 1. The zero-order chi connectivity index (χ0) is 20.3. The Kier molecular flexibility index (Phi) is 6.19. The molecule has 0 unspecified atom stereocenters. The summed E-state index contributed by atoms with van der Waals surface area (Å²) in [7, 11) is 1.58. The monoisotopic (exact) mass is 431 g/mol. The first kappa shape index (κ1) is 20.1. The van der Waals surface area contributed by atoms with Crippen LogP contribution >= 0.6 is 35.1 Å². The first-order valence-electron chi connectivity index (χ1n) is 7.90. The van der Waals surface area contributed by atoms with Crippen LogP contribution in [0.5, 0.6) is 11.5 Å². The highest BCUT2D eigenvalue weighted by Crippen LogP contribution is 2.42. The Morgan fingerprint density at radius 1 is 1.32 bits per heavy atom. The van der Waals surface area contributed by atoms with E-state index in [0.717, 1.165) is 4.90 Å². The minimum atomic E-state index is -0.584. The molecular formula is C19H14ClN3O3S2. The van der Waals surface area contributed by atoms with Gasteiger partial charge in [0, 0.05) is 4.90 Å². The number of aromatic hydroxyl groups is 1. The molecule has 9 heteroatoms. The van der Waals surface area contributed by atoms with E-state index in [0.29, 0.717) is 15.8 Å². The zero-order valence-corrected chi connectivity index (χ0v) is 17.2. The molecule has 1 heterocycles. The van der Waals surface area contributed by atoms with Crippen molar-refractivity contribution >= 4 is 35.1 Å². The molecule has 0 fully saturated rings. The fourth-order valence-electron chi connectivity index (χ4n) is 2.53. The minimum Gasteiger partial charge on any atom is -0.507 e. The number of thioether (sulfide) groups is 1. The number of hydrogen-bond donors (Lipinski definition) is 2. The van der Waals surface area contributed by atoms with E-state index >= 15 is 0 Å². The third-order valence-electron chi connectivity index (χ3n) is 3.78. The molecule has 1 aromatic heterocycles. The van der Waals surface area contributed by atoms with Crippen molar-refractivity contribution < 1.29 is 9.84 Å². The Labute approximate surface area is 174 Å². The molecule has 3 rings (SSSR count). The number of phenols is 1. The van der Waals surface area contributed by atoms with E-state index in [1.165, 1.54) is 29.6 Å². The lowest BCUT2D eigenvalue weighted by molar-refractivity contribution is 0.405. The number of nitriles is 1. The zero-order valence-electron chi connectivity index (χ0n) is 14.8. The number of benzene rings is 2. The van der Waals surface area contributed by atoms with Crippen LogP contribution in [-0.4, -0.2) is 28.4 Å². The van der Waals surface area contributed by atoms with Gasteiger partial charge >= 0.3 is 0 Å². The third-order valence-corrected chi connectivity index (χ3v) is 5.69. The number of nitrogens with one attached hydrogen (secondary N) is 1. The SMILES string of the molecule is COc1ccccc1Sc1cc(O)c(-c2nc(SC)[nH]c(=O)c2C#N)c(Cl)c1. The van der Waals surface area contributed by atoms with Gasteiger partial charge in [-0.05, 0) is 30.5 Å². The number of aromatic amines is 1. The van der Waals surface area contributed by atoms with Crippen molar-refractivity contribution in [1.29, 1.82) is 5.26 Å². The van der Waals surface area contributed by atoms with Gasteiger partial charge in [-0.3, -0.25) is 4.79 Å². The van der Waals surface area contributed by atoms with Crippen molar-refractivity contribution in [2.24, 2.45) is 0 Å². The molecule has 0 aliphatic heterocycles. The standard InChI is InChI=1S/C19H14ClN3O3S2/c1-26-14-5-3-4-6-15(14)28-10-7-12(20)16(13(24)8-10)17-11(9-21)18(25)23-19(22-17)27-2/h3-8,24H,1-2H3,(H,22,23,25). The number of hydrogen-bond acceptors (Lipinski definition) is 7. The molecule has 28 heavy (non-hydrogen) atoms. The van der Waals surface area contributed by atoms with E-state index in [9.17, 15) is 15.2 Å². The van der Waals surface area contributed by atoms with Crippen LogP contribution in [0.4, 0.5) is 0 Å². The average Bonchev–Trinajstić information content (AvgIpc) is 2.67. The molecule has 0 saturated heterocycles. The fraction of sp³-hybridized carbons (Fsp3) is 0.105. The Hall–Kier alpha value is -2.60. The lowest BCUT2D eigenvalue weighted by Gasteiger charge is -2.12. The Bertz CT molecular complexity index is 1120. The summed E-state index contributed by atoms with van der Waals surface area (Å²) in [5.74, 6) is 0.520. The number of rotatable bonds is 5. The highest BCUT2D eigenvalue weighted by molar-refractivity contribution is 7.99. The topological polar surface area (TPSA) is 99.0 Å². The molecule has 0 aliphatic rings. The van der Waals surface area contributed by atoms with Crippen molar-refractivity contribution in [3.8, 4) is 28.8 Å². The van der Waals surface area contributed by atoms with Gasteiger partial charge in [0.15, 0.2) is 5.16 Å².